The zero-order valence-corrected chi connectivity index (χ0v) is 21.3. The number of ether oxygens (including phenoxy) is 2. The van der Waals surface area contributed by atoms with Gasteiger partial charge in [0.25, 0.3) is 0 Å². The number of amides is 2. The summed E-state index contributed by atoms with van der Waals surface area (Å²) in [6.07, 6.45) is 13.3. The van der Waals surface area contributed by atoms with E-state index in [0.717, 1.165) is 50.6 Å². The molecule has 2 heterocycles. The van der Waals surface area contributed by atoms with Crippen LogP contribution in [0, 0.1) is 11.3 Å². The highest BCUT2D eigenvalue weighted by Gasteiger charge is 2.61. The fraction of sp³-hybridized carbons (Fsp3) is 0.815. The molecule has 0 saturated carbocycles. The molecular formula is C27H44N2O5. The number of nitrogens with zero attached hydrogens (tertiary/aromatic N) is 2. The number of fused-ring (bicyclic) bond motifs is 1. The van der Waals surface area contributed by atoms with Crippen molar-refractivity contribution in [2.24, 2.45) is 11.3 Å². The number of allylic oxidation sites excluding steroid dienone is 1. The average molecular weight is 477 g/mol. The fourth-order valence-electron chi connectivity index (χ4n) is 5.76. The highest BCUT2D eigenvalue weighted by Crippen LogP contribution is 2.52. The van der Waals surface area contributed by atoms with E-state index in [4.69, 9.17) is 9.47 Å². The number of hydrogen-bond donors (Lipinski definition) is 0. The van der Waals surface area contributed by atoms with Crippen LogP contribution < -0.4 is 0 Å². The van der Waals surface area contributed by atoms with Gasteiger partial charge in [-0.15, -0.1) is 0 Å². The smallest absolute Gasteiger partial charge is 0.318 e. The first-order chi connectivity index (χ1) is 16.6. The summed E-state index contributed by atoms with van der Waals surface area (Å²) in [5.41, 5.74) is -0.235. The van der Waals surface area contributed by atoms with Crippen LogP contribution in [0.25, 0.3) is 0 Å². The predicted octanol–water partition coefficient (Wildman–Crippen LogP) is 4.45. The highest BCUT2D eigenvalue weighted by molar-refractivity contribution is 5.98. The van der Waals surface area contributed by atoms with Crippen LogP contribution in [0.1, 0.15) is 90.9 Å². The molecule has 0 aromatic heterocycles. The lowest BCUT2D eigenvalue weighted by atomic mass is 9.69. The number of morpholine rings is 1. The quantitative estimate of drug-likeness (QED) is 0.325. The Morgan fingerprint density at radius 2 is 1.79 bits per heavy atom. The molecule has 2 atom stereocenters. The Morgan fingerprint density at radius 1 is 1.06 bits per heavy atom. The number of carbonyl (C=O) groups excluding carboxylic acids is 3. The summed E-state index contributed by atoms with van der Waals surface area (Å²) < 4.78 is 11.0. The second-order valence-electron chi connectivity index (χ2n) is 9.89. The molecule has 3 rings (SSSR count). The van der Waals surface area contributed by atoms with Gasteiger partial charge in [-0.1, -0.05) is 57.9 Å². The van der Waals surface area contributed by atoms with E-state index in [2.05, 4.69) is 13.0 Å². The molecule has 7 heteroatoms. The van der Waals surface area contributed by atoms with Crippen molar-refractivity contribution in [1.82, 2.24) is 9.80 Å². The van der Waals surface area contributed by atoms with Crippen LogP contribution in [0.15, 0.2) is 11.8 Å². The summed E-state index contributed by atoms with van der Waals surface area (Å²) in [6, 6.07) is 0. The van der Waals surface area contributed by atoms with Crippen LogP contribution in [0.5, 0.6) is 0 Å². The van der Waals surface area contributed by atoms with Crippen LogP contribution >= 0.6 is 0 Å². The number of hydrogen-bond acceptors (Lipinski definition) is 5. The van der Waals surface area contributed by atoms with Crippen LogP contribution in [-0.4, -0.2) is 67.0 Å². The van der Waals surface area contributed by atoms with E-state index in [0.29, 0.717) is 39.3 Å². The summed E-state index contributed by atoms with van der Waals surface area (Å²) in [5.74, 6) is -1.16. The number of carbonyl (C=O) groups is 3. The lowest BCUT2D eigenvalue weighted by molar-refractivity contribution is -0.158. The number of unbranched alkanes of at least 4 members (excludes halogenated alkanes) is 5. The van der Waals surface area contributed by atoms with Gasteiger partial charge in [-0.25, -0.2) is 0 Å². The Bertz CT molecular complexity index is 731. The fourth-order valence-corrected chi connectivity index (χ4v) is 5.76. The molecule has 2 amide bonds. The van der Waals surface area contributed by atoms with Crippen molar-refractivity contribution >= 4 is 17.8 Å². The van der Waals surface area contributed by atoms with Crippen LogP contribution in [-0.2, 0) is 23.9 Å². The van der Waals surface area contributed by atoms with Gasteiger partial charge in [-0.05, 0) is 32.6 Å². The van der Waals surface area contributed by atoms with Crippen molar-refractivity contribution in [1.29, 1.82) is 0 Å². The first kappa shape index (κ1) is 26.7. The van der Waals surface area contributed by atoms with Gasteiger partial charge in [0.15, 0.2) is 0 Å². The standard InChI is InChI=1S/C27H44N2O5/c1-3-5-6-7-10-13-16-29-23-14-11-8-9-12-15-27(23,26(32)34-4-2)22(25(29)31)21-24(30)28-17-19-33-20-18-28/h14,22H,3-13,15-21H2,1-2H3/t22-,27-/m1/s1. The second kappa shape index (κ2) is 13.3. The Kier molecular flexibility index (Phi) is 10.4. The summed E-state index contributed by atoms with van der Waals surface area (Å²) in [7, 11) is 0. The van der Waals surface area contributed by atoms with Gasteiger partial charge in [-0.3, -0.25) is 14.4 Å². The third-order valence-corrected chi connectivity index (χ3v) is 7.64. The molecule has 0 unspecified atom stereocenters. The molecular weight excluding hydrogens is 432 g/mol. The third-order valence-electron chi connectivity index (χ3n) is 7.64. The first-order valence-electron chi connectivity index (χ1n) is 13.6. The van der Waals surface area contributed by atoms with Crippen LogP contribution in [0.3, 0.4) is 0 Å². The van der Waals surface area contributed by atoms with Crippen LogP contribution in [0.2, 0.25) is 0 Å². The van der Waals surface area contributed by atoms with Crippen LogP contribution in [0.4, 0.5) is 0 Å². The van der Waals surface area contributed by atoms with E-state index < -0.39 is 11.3 Å². The monoisotopic (exact) mass is 476 g/mol. The normalized spacial score (nSPS) is 25.4. The number of rotatable bonds is 11. The van der Waals surface area contributed by atoms with E-state index in [-0.39, 0.29) is 30.8 Å². The molecule has 0 spiro atoms. The maximum absolute atomic E-state index is 13.9. The first-order valence-corrected chi connectivity index (χ1v) is 13.6. The van der Waals surface area contributed by atoms with Crippen molar-refractivity contribution in [3.8, 4) is 0 Å². The zero-order valence-electron chi connectivity index (χ0n) is 21.3. The number of likely N-dealkylation sites (tertiary alicyclic amines) is 1. The van der Waals surface area contributed by atoms with Gasteiger partial charge in [0.1, 0.15) is 5.41 Å². The van der Waals surface area contributed by atoms with Gasteiger partial charge in [0.2, 0.25) is 11.8 Å². The van der Waals surface area contributed by atoms with E-state index >= 15 is 0 Å². The minimum absolute atomic E-state index is 0.0575. The van der Waals surface area contributed by atoms with Crippen molar-refractivity contribution in [3.63, 3.8) is 0 Å². The molecule has 34 heavy (non-hydrogen) atoms. The molecule has 2 fully saturated rings. The minimum Gasteiger partial charge on any atom is -0.465 e. The lowest BCUT2D eigenvalue weighted by Gasteiger charge is -2.35. The molecule has 0 radical (unpaired) electrons. The van der Waals surface area contributed by atoms with Gasteiger partial charge in [-0.2, -0.15) is 0 Å². The van der Waals surface area contributed by atoms with Crippen molar-refractivity contribution in [3.05, 3.63) is 11.8 Å². The maximum atomic E-state index is 13.9. The number of esters is 1. The van der Waals surface area contributed by atoms with Gasteiger partial charge >= 0.3 is 5.97 Å². The van der Waals surface area contributed by atoms with E-state index in [1.165, 1.54) is 19.3 Å². The van der Waals surface area contributed by atoms with Gasteiger partial charge in [0, 0.05) is 31.8 Å². The van der Waals surface area contributed by atoms with E-state index in [9.17, 15) is 14.4 Å². The zero-order chi connectivity index (χ0) is 24.4. The van der Waals surface area contributed by atoms with Crippen molar-refractivity contribution < 1.29 is 23.9 Å². The molecule has 0 bridgehead atoms. The minimum atomic E-state index is -1.04. The predicted molar refractivity (Wildman–Crippen MR) is 131 cm³/mol. The second-order valence-corrected chi connectivity index (χ2v) is 9.89. The highest BCUT2D eigenvalue weighted by atomic mass is 16.5. The topological polar surface area (TPSA) is 76.2 Å². The molecule has 0 aromatic rings. The summed E-state index contributed by atoms with van der Waals surface area (Å²) >= 11 is 0. The molecule has 192 valence electrons. The third kappa shape index (κ3) is 6.02. The summed E-state index contributed by atoms with van der Waals surface area (Å²) in [4.78, 5) is 44.3. The largest absolute Gasteiger partial charge is 0.465 e. The Hall–Kier alpha value is -1.89. The molecule has 1 aliphatic carbocycles. The van der Waals surface area contributed by atoms with Gasteiger partial charge < -0.3 is 19.3 Å². The summed E-state index contributed by atoms with van der Waals surface area (Å²) in [6.45, 7) is 7.00. The maximum Gasteiger partial charge on any atom is 0.318 e. The van der Waals surface area contributed by atoms with Crippen molar-refractivity contribution in [2.45, 2.75) is 90.9 Å². The molecule has 7 nitrogen and oxygen atoms in total. The molecule has 2 aliphatic heterocycles. The van der Waals surface area contributed by atoms with Gasteiger partial charge in [0.05, 0.1) is 25.7 Å². The molecule has 3 aliphatic rings. The Balaban J connectivity index is 1.87. The van der Waals surface area contributed by atoms with E-state index in [1.807, 2.05) is 4.90 Å². The van der Waals surface area contributed by atoms with Crippen molar-refractivity contribution in [2.75, 3.05) is 39.5 Å². The molecule has 0 N–H and O–H groups in total. The average Bonchev–Trinajstić information content (AvgIpc) is 3.04. The SMILES string of the molecule is CCCCCCCCN1C(=O)[C@@H](CC(=O)N2CCOCC2)[C@]2(C(=O)OCC)CCCCCC=C12. The lowest BCUT2D eigenvalue weighted by Crippen LogP contribution is -2.45. The van der Waals surface area contributed by atoms with E-state index in [1.54, 1.807) is 11.8 Å². The Morgan fingerprint density at radius 3 is 2.53 bits per heavy atom. The molecule has 2 saturated heterocycles. The Labute approximate surface area is 205 Å². The summed E-state index contributed by atoms with van der Waals surface area (Å²) in [5, 5.41) is 0. The molecule has 0 aromatic carbocycles.